The zero-order valence-electron chi connectivity index (χ0n) is 13.3. The number of rotatable bonds is 7. The van der Waals surface area contributed by atoms with E-state index in [0.717, 1.165) is 25.9 Å². The van der Waals surface area contributed by atoms with Crippen LogP contribution in [0, 0.1) is 18.3 Å². The summed E-state index contributed by atoms with van der Waals surface area (Å²) in [6, 6.07) is 0. The third-order valence-electron chi connectivity index (χ3n) is 3.66. The van der Waals surface area contributed by atoms with Crippen molar-refractivity contribution in [3.8, 4) is 12.3 Å². The number of piperidine rings is 1. The highest BCUT2D eigenvalue weighted by atomic mass is 16.5. The van der Waals surface area contributed by atoms with Crippen LogP contribution in [-0.4, -0.2) is 60.5 Å². The molecule has 1 rings (SSSR count). The minimum atomic E-state index is -0.655. The first-order valence-corrected chi connectivity index (χ1v) is 7.56. The van der Waals surface area contributed by atoms with Crippen LogP contribution in [0.25, 0.3) is 0 Å². The van der Waals surface area contributed by atoms with E-state index < -0.39 is 11.7 Å². The highest BCUT2D eigenvalue weighted by Crippen LogP contribution is 2.19. The van der Waals surface area contributed by atoms with Crippen molar-refractivity contribution in [2.75, 3.05) is 32.8 Å². The zero-order valence-corrected chi connectivity index (χ0v) is 13.3. The molecule has 1 saturated heterocycles. The monoisotopic (exact) mass is 297 g/mol. The molecular formula is C16H27NO4. The number of aliphatic hydroxyl groups excluding tert-OH is 1. The molecule has 0 amide bonds. The summed E-state index contributed by atoms with van der Waals surface area (Å²) in [5.74, 6) is 2.43. The molecule has 1 heterocycles. The topological polar surface area (TPSA) is 59.0 Å². The molecule has 1 aliphatic heterocycles. The Kier molecular flexibility index (Phi) is 7.16. The summed E-state index contributed by atoms with van der Waals surface area (Å²) in [4.78, 5) is 13.8. The van der Waals surface area contributed by atoms with Gasteiger partial charge in [-0.3, -0.25) is 4.79 Å². The second kappa shape index (κ2) is 8.38. The van der Waals surface area contributed by atoms with Crippen LogP contribution < -0.4 is 0 Å². The molecule has 1 fully saturated rings. The Hall–Kier alpha value is -1.09. The van der Waals surface area contributed by atoms with Crippen molar-refractivity contribution in [3.63, 3.8) is 0 Å². The van der Waals surface area contributed by atoms with E-state index in [-0.39, 0.29) is 18.5 Å². The summed E-state index contributed by atoms with van der Waals surface area (Å²) in [7, 11) is 0. The summed E-state index contributed by atoms with van der Waals surface area (Å²) in [6.45, 7) is 8.18. The summed E-state index contributed by atoms with van der Waals surface area (Å²) >= 11 is 0. The van der Waals surface area contributed by atoms with Crippen LogP contribution >= 0.6 is 0 Å². The summed E-state index contributed by atoms with van der Waals surface area (Å²) in [5, 5.41) is 9.99. The van der Waals surface area contributed by atoms with Crippen molar-refractivity contribution >= 4 is 5.97 Å². The maximum Gasteiger partial charge on any atom is 0.309 e. The number of nitrogens with zero attached hydrogens (tertiary/aromatic N) is 1. The SMILES string of the molecule is C#CC(C)(C)OC[C@H](O)CN1CCC(C(=O)OCC)CC1. The first kappa shape index (κ1) is 18.0. The number of carbonyl (C=O) groups is 1. The quantitative estimate of drug-likeness (QED) is 0.562. The van der Waals surface area contributed by atoms with E-state index >= 15 is 0 Å². The third-order valence-corrected chi connectivity index (χ3v) is 3.66. The minimum absolute atomic E-state index is 0.00466. The van der Waals surface area contributed by atoms with Crippen molar-refractivity contribution in [1.29, 1.82) is 0 Å². The Morgan fingerprint density at radius 2 is 2.10 bits per heavy atom. The molecule has 5 heteroatoms. The van der Waals surface area contributed by atoms with Gasteiger partial charge in [-0.25, -0.2) is 0 Å². The lowest BCUT2D eigenvalue weighted by atomic mass is 9.97. The smallest absolute Gasteiger partial charge is 0.309 e. The molecular weight excluding hydrogens is 270 g/mol. The standard InChI is InChI=1S/C16H27NO4/c1-5-16(3,4)21-12-14(18)11-17-9-7-13(8-10-17)15(19)20-6-2/h1,13-14,18H,6-12H2,2-4H3/t14-/m1/s1. The third kappa shape index (κ3) is 6.47. The van der Waals surface area contributed by atoms with Gasteiger partial charge in [0.05, 0.1) is 25.2 Å². The van der Waals surface area contributed by atoms with Crippen molar-refractivity contribution < 1.29 is 19.4 Å². The number of β-amino-alcohol motifs (C(OH)–C–C–N with tert-alkyl or cyclic N) is 1. The number of aliphatic hydroxyl groups is 1. The van der Waals surface area contributed by atoms with Crippen molar-refractivity contribution in [2.45, 2.75) is 45.3 Å². The number of likely N-dealkylation sites (tertiary alicyclic amines) is 1. The molecule has 0 aromatic carbocycles. The van der Waals surface area contributed by atoms with E-state index in [4.69, 9.17) is 15.9 Å². The Balaban J connectivity index is 2.26. The molecule has 0 saturated carbocycles. The Labute approximate surface area is 127 Å². The summed E-state index contributed by atoms with van der Waals surface area (Å²) in [5.41, 5.74) is -0.655. The van der Waals surface area contributed by atoms with Crippen LogP contribution in [-0.2, 0) is 14.3 Å². The highest BCUT2D eigenvalue weighted by molar-refractivity contribution is 5.72. The van der Waals surface area contributed by atoms with Crippen LogP contribution in [0.5, 0.6) is 0 Å². The molecule has 0 aromatic rings. The van der Waals surface area contributed by atoms with Crippen LogP contribution in [0.15, 0.2) is 0 Å². The van der Waals surface area contributed by atoms with Crippen molar-refractivity contribution in [2.24, 2.45) is 5.92 Å². The van der Waals surface area contributed by atoms with Gasteiger partial charge < -0.3 is 19.5 Å². The van der Waals surface area contributed by atoms with Gasteiger partial charge in [0, 0.05) is 6.54 Å². The van der Waals surface area contributed by atoms with Crippen LogP contribution in [0.2, 0.25) is 0 Å². The molecule has 0 radical (unpaired) electrons. The van der Waals surface area contributed by atoms with Gasteiger partial charge in [-0.05, 0) is 46.7 Å². The molecule has 120 valence electrons. The van der Waals surface area contributed by atoms with E-state index in [2.05, 4.69) is 10.8 Å². The molecule has 21 heavy (non-hydrogen) atoms. The predicted molar refractivity (Wildman–Crippen MR) is 80.7 cm³/mol. The Bertz CT molecular complexity index is 367. The van der Waals surface area contributed by atoms with Crippen LogP contribution in [0.4, 0.5) is 0 Å². The lowest BCUT2D eigenvalue weighted by Crippen LogP contribution is -2.42. The number of carbonyl (C=O) groups excluding carboxylic acids is 1. The van der Waals surface area contributed by atoms with Crippen molar-refractivity contribution in [3.05, 3.63) is 0 Å². The van der Waals surface area contributed by atoms with Crippen molar-refractivity contribution in [1.82, 2.24) is 4.90 Å². The highest BCUT2D eigenvalue weighted by Gasteiger charge is 2.27. The zero-order chi connectivity index (χ0) is 15.9. The Morgan fingerprint density at radius 3 is 2.62 bits per heavy atom. The van der Waals surface area contributed by atoms with Gasteiger partial charge in [0.1, 0.15) is 5.60 Å². The molecule has 5 nitrogen and oxygen atoms in total. The first-order valence-electron chi connectivity index (χ1n) is 7.56. The maximum atomic E-state index is 11.6. The number of terminal acetylenes is 1. The van der Waals surface area contributed by atoms with Gasteiger partial charge in [0.15, 0.2) is 0 Å². The molecule has 0 bridgehead atoms. The number of ether oxygens (including phenoxy) is 2. The summed E-state index contributed by atoms with van der Waals surface area (Å²) < 4.78 is 10.5. The molecule has 1 atom stereocenters. The predicted octanol–water partition coefficient (Wildman–Crippen LogP) is 1.05. The van der Waals surface area contributed by atoms with E-state index in [0.29, 0.717) is 13.2 Å². The summed E-state index contributed by atoms with van der Waals surface area (Å²) in [6.07, 6.45) is 6.32. The van der Waals surface area contributed by atoms with E-state index in [1.807, 2.05) is 6.92 Å². The molecule has 0 aliphatic carbocycles. The molecule has 1 aliphatic rings. The van der Waals surface area contributed by atoms with E-state index in [9.17, 15) is 9.90 Å². The largest absolute Gasteiger partial charge is 0.466 e. The fourth-order valence-corrected chi connectivity index (χ4v) is 2.31. The van der Waals surface area contributed by atoms with Gasteiger partial charge in [0.2, 0.25) is 0 Å². The molecule has 0 spiro atoms. The second-order valence-corrected chi connectivity index (χ2v) is 5.95. The fourth-order valence-electron chi connectivity index (χ4n) is 2.31. The maximum absolute atomic E-state index is 11.6. The molecule has 0 unspecified atom stereocenters. The number of esters is 1. The normalized spacial score (nSPS) is 19.0. The second-order valence-electron chi connectivity index (χ2n) is 5.95. The Morgan fingerprint density at radius 1 is 1.48 bits per heavy atom. The molecule has 1 N–H and O–H groups in total. The van der Waals surface area contributed by atoms with Gasteiger partial charge in [-0.2, -0.15) is 0 Å². The van der Waals surface area contributed by atoms with Crippen LogP contribution in [0.1, 0.15) is 33.6 Å². The van der Waals surface area contributed by atoms with Gasteiger partial charge in [-0.15, -0.1) is 6.42 Å². The van der Waals surface area contributed by atoms with E-state index in [1.54, 1.807) is 13.8 Å². The minimum Gasteiger partial charge on any atom is -0.466 e. The fraction of sp³-hybridized carbons (Fsp3) is 0.812. The van der Waals surface area contributed by atoms with Gasteiger partial charge in [0.25, 0.3) is 0 Å². The molecule has 0 aromatic heterocycles. The van der Waals surface area contributed by atoms with Gasteiger partial charge >= 0.3 is 5.97 Å². The van der Waals surface area contributed by atoms with E-state index in [1.165, 1.54) is 0 Å². The average Bonchev–Trinajstić information content (AvgIpc) is 2.46. The first-order chi connectivity index (χ1) is 9.88. The lowest BCUT2D eigenvalue weighted by Gasteiger charge is -2.32. The van der Waals surface area contributed by atoms with Crippen LogP contribution in [0.3, 0.4) is 0 Å². The van der Waals surface area contributed by atoms with Gasteiger partial charge in [-0.1, -0.05) is 5.92 Å². The average molecular weight is 297 g/mol. The number of hydrogen-bond acceptors (Lipinski definition) is 5. The lowest BCUT2D eigenvalue weighted by molar-refractivity contribution is -0.149. The number of hydrogen-bond donors (Lipinski definition) is 1.